The van der Waals surface area contributed by atoms with Crippen LogP contribution >= 0.6 is 0 Å². The van der Waals surface area contributed by atoms with E-state index in [1.165, 1.54) is 13.4 Å². The summed E-state index contributed by atoms with van der Waals surface area (Å²) < 4.78 is 6.71. The van der Waals surface area contributed by atoms with Gasteiger partial charge in [0.15, 0.2) is 0 Å². The van der Waals surface area contributed by atoms with Crippen LogP contribution in [0.3, 0.4) is 0 Å². The Bertz CT molecular complexity index is 534. The molecule has 3 N–H and O–H groups in total. The summed E-state index contributed by atoms with van der Waals surface area (Å²) in [7, 11) is 1.54. The van der Waals surface area contributed by atoms with E-state index in [-0.39, 0.29) is 18.4 Å². The summed E-state index contributed by atoms with van der Waals surface area (Å²) >= 11 is 0. The number of aromatic nitrogens is 3. The van der Waals surface area contributed by atoms with Crippen molar-refractivity contribution in [2.45, 2.75) is 12.5 Å². The normalized spacial score (nSPS) is 12.1. The molecule has 1 atom stereocenters. The van der Waals surface area contributed by atoms with Crippen molar-refractivity contribution in [3.05, 3.63) is 36.9 Å². The van der Waals surface area contributed by atoms with Gasteiger partial charge >= 0.3 is 0 Å². The average Bonchev–Trinajstić information content (AvgIpc) is 2.99. The van der Waals surface area contributed by atoms with Crippen LogP contribution in [0.5, 0.6) is 0 Å². The van der Waals surface area contributed by atoms with Crippen LogP contribution in [0.4, 0.5) is 5.69 Å². The zero-order valence-electron chi connectivity index (χ0n) is 11.2. The number of hydrogen-bond donors (Lipinski definition) is 2. The van der Waals surface area contributed by atoms with Gasteiger partial charge in [0.2, 0.25) is 5.91 Å². The summed E-state index contributed by atoms with van der Waals surface area (Å²) in [5.41, 5.74) is 7.06. The molecular weight excluding hydrogens is 258 g/mol. The minimum Gasteiger partial charge on any atom is -0.380 e. The highest BCUT2D eigenvalue weighted by Crippen LogP contribution is 2.12. The third kappa shape index (κ3) is 3.62. The fourth-order valence-corrected chi connectivity index (χ4v) is 1.72. The summed E-state index contributed by atoms with van der Waals surface area (Å²) in [5, 5.41) is 6.82. The highest BCUT2D eigenvalue weighted by molar-refractivity contribution is 5.91. The van der Waals surface area contributed by atoms with E-state index < -0.39 is 0 Å². The molecule has 2 rings (SSSR count). The molecule has 7 nitrogen and oxygen atoms in total. The fraction of sp³-hybridized carbons (Fsp3) is 0.308. The Morgan fingerprint density at radius 1 is 1.45 bits per heavy atom. The predicted molar refractivity (Wildman–Crippen MR) is 74.5 cm³/mol. The predicted octanol–water partition coefficient (Wildman–Crippen LogP) is 0.570. The smallest absolute Gasteiger partial charge is 0.227 e. The number of nitrogens with two attached hydrogens (primary N) is 1. The quantitative estimate of drug-likeness (QED) is 0.803. The lowest BCUT2D eigenvalue weighted by atomic mass is 10.2. The number of hydrogen-bond acceptors (Lipinski definition) is 5. The van der Waals surface area contributed by atoms with E-state index in [9.17, 15) is 4.79 Å². The van der Waals surface area contributed by atoms with E-state index in [0.29, 0.717) is 12.2 Å². The van der Waals surface area contributed by atoms with Gasteiger partial charge in [0.05, 0.1) is 18.2 Å². The lowest BCUT2D eigenvalue weighted by Gasteiger charge is -2.12. The van der Waals surface area contributed by atoms with Crippen molar-refractivity contribution >= 4 is 11.6 Å². The van der Waals surface area contributed by atoms with Crippen molar-refractivity contribution in [3.63, 3.8) is 0 Å². The van der Waals surface area contributed by atoms with Crippen molar-refractivity contribution in [2.24, 2.45) is 5.73 Å². The van der Waals surface area contributed by atoms with Crippen LogP contribution in [-0.4, -0.2) is 40.4 Å². The first-order chi connectivity index (χ1) is 9.72. The van der Waals surface area contributed by atoms with Gasteiger partial charge in [0, 0.05) is 19.3 Å². The third-order valence-corrected chi connectivity index (χ3v) is 2.84. The molecule has 0 fully saturated rings. The minimum absolute atomic E-state index is 0.129. The lowest BCUT2D eigenvalue weighted by molar-refractivity contribution is -0.118. The van der Waals surface area contributed by atoms with Gasteiger partial charge in [-0.3, -0.25) is 4.79 Å². The van der Waals surface area contributed by atoms with E-state index in [0.717, 1.165) is 5.69 Å². The molecule has 1 aromatic heterocycles. The van der Waals surface area contributed by atoms with Gasteiger partial charge in [0.25, 0.3) is 0 Å². The van der Waals surface area contributed by atoms with Crippen LogP contribution in [0, 0.1) is 0 Å². The number of benzene rings is 1. The number of nitrogens with one attached hydrogen (secondary N) is 1. The van der Waals surface area contributed by atoms with E-state index in [2.05, 4.69) is 15.4 Å². The highest BCUT2D eigenvalue weighted by Gasteiger charge is 2.11. The Morgan fingerprint density at radius 2 is 2.20 bits per heavy atom. The summed E-state index contributed by atoms with van der Waals surface area (Å²) in [4.78, 5) is 15.7. The number of nitrogens with zero attached hydrogens (tertiary/aromatic N) is 3. The molecule has 0 saturated heterocycles. The molecule has 1 aromatic carbocycles. The molecule has 0 aliphatic carbocycles. The van der Waals surface area contributed by atoms with Crippen LogP contribution < -0.4 is 11.1 Å². The van der Waals surface area contributed by atoms with E-state index in [1.807, 2.05) is 12.1 Å². The molecule has 0 aliphatic rings. The molecule has 7 heteroatoms. The Balaban J connectivity index is 1.95. The number of rotatable bonds is 6. The van der Waals surface area contributed by atoms with Gasteiger partial charge in [0.1, 0.15) is 12.7 Å². The summed E-state index contributed by atoms with van der Waals surface area (Å²) in [6.07, 6.45) is 3.05. The van der Waals surface area contributed by atoms with Crippen LogP contribution in [0.2, 0.25) is 0 Å². The highest BCUT2D eigenvalue weighted by atomic mass is 16.5. The van der Waals surface area contributed by atoms with Crippen LogP contribution in [0.1, 0.15) is 6.42 Å². The maximum absolute atomic E-state index is 11.8. The zero-order valence-corrected chi connectivity index (χ0v) is 11.2. The number of carbonyl (C=O) groups is 1. The second-order valence-electron chi connectivity index (χ2n) is 4.23. The number of ether oxygens (including phenoxy) is 1. The van der Waals surface area contributed by atoms with Gasteiger partial charge in [-0.25, -0.2) is 9.67 Å². The van der Waals surface area contributed by atoms with Crippen molar-refractivity contribution in [2.75, 3.05) is 19.0 Å². The van der Waals surface area contributed by atoms with Gasteiger partial charge in [-0.1, -0.05) is 0 Å². The fourth-order valence-electron chi connectivity index (χ4n) is 1.72. The van der Waals surface area contributed by atoms with Crippen LogP contribution in [-0.2, 0) is 9.53 Å². The lowest BCUT2D eigenvalue weighted by Crippen LogP contribution is -2.28. The van der Waals surface area contributed by atoms with Crippen LogP contribution in [0.25, 0.3) is 5.69 Å². The first kappa shape index (κ1) is 14.2. The molecule has 0 saturated carbocycles. The maximum atomic E-state index is 11.8. The van der Waals surface area contributed by atoms with E-state index >= 15 is 0 Å². The molecule has 0 radical (unpaired) electrons. The molecule has 0 spiro atoms. The Hall–Kier alpha value is -2.25. The van der Waals surface area contributed by atoms with Gasteiger partial charge in [-0.05, 0) is 24.3 Å². The number of anilines is 1. The SMILES string of the molecule is COC(CN)CC(=O)Nc1ccc(-n2cncn2)cc1. The average molecular weight is 275 g/mol. The standard InChI is InChI=1S/C13H17N5O2/c1-20-12(7-14)6-13(19)17-10-2-4-11(5-3-10)18-9-15-8-16-18/h2-5,8-9,12H,6-7,14H2,1H3,(H,17,19). The summed E-state index contributed by atoms with van der Waals surface area (Å²) in [6, 6.07) is 7.31. The maximum Gasteiger partial charge on any atom is 0.227 e. The molecule has 20 heavy (non-hydrogen) atoms. The number of methoxy groups -OCH3 is 1. The molecule has 0 bridgehead atoms. The molecule has 1 amide bonds. The van der Waals surface area contributed by atoms with Crippen molar-refractivity contribution in [3.8, 4) is 5.69 Å². The number of amides is 1. The first-order valence-electron chi connectivity index (χ1n) is 6.20. The molecule has 0 aliphatic heterocycles. The number of carbonyl (C=O) groups excluding carboxylic acids is 1. The topological polar surface area (TPSA) is 95.1 Å². The van der Waals surface area contributed by atoms with Gasteiger partial charge in [-0.2, -0.15) is 5.10 Å². The molecule has 106 valence electrons. The Morgan fingerprint density at radius 3 is 2.75 bits per heavy atom. The Kier molecular flexibility index (Phi) is 4.80. The van der Waals surface area contributed by atoms with Crippen molar-refractivity contribution < 1.29 is 9.53 Å². The molecule has 2 aromatic rings. The van der Waals surface area contributed by atoms with Crippen molar-refractivity contribution in [1.29, 1.82) is 0 Å². The second-order valence-corrected chi connectivity index (χ2v) is 4.23. The van der Waals surface area contributed by atoms with Crippen molar-refractivity contribution in [1.82, 2.24) is 14.8 Å². The zero-order chi connectivity index (χ0) is 14.4. The summed E-state index contributed by atoms with van der Waals surface area (Å²) in [6.45, 7) is 0.315. The van der Waals surface area contributed by atoms with Crippen LogP contribution in [0.15, 0.2) is 36.9 Å². The molecule has 1 heterocycles. The van der Waals surface area contributed by atoms with Gasteiger partial charge < -0.3 is 15.8 Å². The largest absolute Gasteiger partial charge is 0.380 e. The monoisotopic (exact) mass is 275 g/mol. The second kappa shape index (κ2) is 6.78. The van der Waals surface area contributed by atoms with E-state index in [4.69, 9.17) is 10.5 Å². The van der Waals surface area contributed by atoms with E-state index in [1.54, 1.807) is 23.1 Å². The summed E-state index contributed by atoms with van der Waals surface area (Å²) in [5.74, 6) is -0.129. The van der Waals surface area contributed by atoms with Gasteiger partial charge in [-0.15, -0.1) is 0 Å². The third-order valence-electron chi connectivity index (χ3n) is 2.84. The molecule has 1 unspecified atom stereocenters. The Labute approximate surface area is 116 Å². The first-order valence-corrected chi connectivity index (χ1v) is 6.20. The molecular formula is C13H17N5O2. The minimum atomic E-state index is -0.260.